The molecule has 0 radical (unpaired) electrons. The number of hydrogen-bond donors (Lipinski definition) is 1. The first kappa shape index (κ1) is 11.7. The fourth-order valence-electron chi connectivity index (χ4n) is 2.24. The highest BCUT2D eigenvalue weighted by Gasteiger charge is 2.15. The average Bonchev–Trinajstić information content (AvgIpc) is 2.37. The standard InChI is InChI=1S/C14H16N2O/c1-17-14-4-2-3-11-7-10(5-6-13(11)14)8-12(16)9-15/h2-4,7,12H,5-6,8,16H2,1H3. The molecule has 0 saturated carbocycles. The largest absolute Gasteiger partial charge is 0.496 e. The topological polar surface area (TPSA) is 59.0 Å². The van der Waals surface area contributed by atoms with Crippen LogP contribution in [0.25, 0.3) is 6.08 Å². The minimum atomic E-state index is -0.395. The zero-order valence-corrected chi connectivity index (χ0v) is 9.94. The average molecular weight is 228 g/mol. The van der Waals surface area contributed by atoms with Gasteiger partial charge in [-0.1, -0.05) is 23.8 Å². The lowest BCUT2D eigenvalue weighted by Gasteiger charge is -2.19. The van der Waals surface area contributed by atoms with E-state index in [1.165, 1.54) is 16.7 Å². The van der Waals surface area contributed by atoms with E-state index in [0.29, 0.717) is 6.42 Å². The summed E-state index contributed by atoms with van der Waals surface area (Å²) >= 11 is 0. The maximum Gasteiger partial charge on any atom is 0.122 e. The van der Waals surface area contributed by atoms with Crippen LogP contribution in [-0.4, -0.2) is 13.2 Å². The Morgan fingerprint density at radius 2 is 2.29 bits per heavy atom. The second-order valence-electron chi connectivity index (χ2n) is 4.27. The van der Waals surface area contributed by atoms with Gasteiger partial charge >= 0.3 is 0 Å². The van der Waals surface area contributed by atoms with E-state index in [4.69, 9.17) is 15.7 Å². The highest BCUT2D eigenvalue weighted by molar-refractivity contribution is 5.63. The van der Waals surface area contributed by atoms with Gasteiger partial charge in [-0.25, -0.2) is 0 Å². The van der Waals surface area contributed by atoms with Gasteiger partial charge in [0, 0.05) is 5.56 Å². The maximum absolute atomic E-state index is 8.72. The molecule has 1 atom stereocenters. The summed E-state index contributed by atoms with van der Waals surface area (Å²) < 4.78 is 5.34. The lowest BCUT2D eigenvalue weighted by atomic mass is 9.89. The Labute approximate surface area is 102 Å². The fourth-order valence-corrected chi connectivity index (χ4v) is 2.24. The van der Waals surface area contributed by atoms with E-state index in [9.17, 15) is 0 Å². The lowest BCUT2D eigenvalue weighted by molar-refractivity contribution is 0.409. The smallest absolute Gasteiger partial charge is 0.122 e. The van der Waals surface area contributed by atoms with Crippen molar-refractivity contribution in [3.63, 3.8) is 0 Å². The fraction of sp³-hybridized carbons (Fsp3) is 0.357. The van der Waals surface area contributed by atoms with Crippen molar-refractivity contribution in [2.45, 2.75) is 25.3 Å². The molecule has 0 aromatic heterocycles. The van der Waals surface area contributed by atoms with Crippen molar-refractivity contribution in [1.29, 1.82) is 5.26 Å². The van der Waals surface area contributed by atoms with Crippen LogP contribution in [0.5, 0.6) is 5.75 Å². The number of nitriles is 1. The number of nitrogens with two attached hydrogens (primary N) is 1. The second-order valence-corrected chi connectivity index (χ2v) is 4.27. The molecule has 2 N–H and O–H groups in total. The molecule has 0 bridgehead atoms. The summed E-state index contributed by atoms with van der Waals surface area (Å²) in [5, 5.41) is 8.72. The Morgan fingerprint density at radius 1 is 1.47 bits per heavy atom. The van der Waals surface area contributed by atoms with E-state index < -0.39 is 6.04 Å². The Bertz CT molecular complexity index is 485. The van der Waals surface area contributed by atoms with Crippen LogP contribution in [0.1, 0.15) is 24.0 Å². The van der Waals surface area contributed by atoms with Gasteiger partial charge in [0.05, 0.1) is 19.2 Å². The quantitative estimate of drug-likeness (QED) is 0.863. The molecule has 0 amide bonds. The molecule has 1 aliphatic carbocycles. The van der Waals surface area contributed by atoms with Gasteiger partial charge in [-0.3, -0.25) is 0 Å². The predicted molar refractivity (Wildman–Crippen MR) is 67.5 cm³/mol. The summed E-state index contributed by atoms with van der Waals surface area (Å²) in [6, 6.07) is 7.73. The summed E-state index contributed by atoms with van der Waals surface area (Å²) in [7, 11) is 1.69. The zero-order valence-electron chi connectivity index (χ0n) is 9.94. The highest BCUT2D eigenvalue weighted by Crippen LogP contribution is 2.32. The number of fused-ring (bicyclic) bond motifs is 1. The van der Waals surface area contributed by atoms with Gasteiger partial charge in [0.2, 0.25) is 0 Å². The van der Waals surface area contributed by atoms with Crippen LogP contribution in [-0.2, 0) is 6.42 Å². The van der Waals surface area contributed by atoms with Crippen molar-refractivity contribution >= 4 is 6.08 Å². The predicted octanol–water partition coefficient (Wildman–Crippen LogP) is 2.27. The monoisotopic (exact) mass is 228 g/mol. The van der Waals surface area contributed by atoms with Gasteiger partial charge < -0.3 is 10.5 Å². The van der Waals surface area contributed by atoms with Crippen LogP contribution in [0, 0.1) is 11.3 Å². The van der Waals surface area contributed by atoms with Crippen LogP contribution in [0.2, 0.25) is 0 Å². The Kier molecular flexibility index (Phi) is 3.46. The molecule has 17 heavy (non-hydrogen) atoms. The number of rotatable bonds is 3. The molecule has 1 aliphatic rings. The molecular weight excluding hydrogens is 212 g/mol. The molecule has 0 spiro atoms. The highest BCUT2D eigenvalue weighted by atomic mass is 16.5. The van der Waals surface area contributed by atoms with Crippen molar-refractivity contribution < 1.29 is 4.74 Å². The van der Waals surface area contributed by atoms with E-state index in [2.05, 4.69) is 18.2 Å². The lowest BCUT2D eigenvalue weighted by Crippen LogP contribution is -2.18. The van der Waals surface area contributed by atoms with Crippen molar-refractivity contribution in [1.82, 2.24) is 0 Å². The van der Waals surface area contributed by atoms with Crippen LogP contribution in [0.3, 0.4) is 0 Å². The molecule has 1 aromatic carbocycles. The SMILES string of the molecule is COc1cccc2c1CCC(CC(N)C#N)=C2. The molecular formula is C14H16N2O. The Morgan fingerprint density at radius 3 is 3.00 bits per heavy atom. The summed E-state index contributed by atoms with van der Waals surface area (Å²) in [6.45, 7) is 0. The van der Waals surface area contributed by atoms with E-state index in [1.54, 1.807) is 7.11 Å². The molecule has 0 fully saturated rings. The van der Waals surface area contributed by atoms with Crippen molar-refractivity contribution in [3.8, 4) is 11.8 Å². The minimum absolute atomic E-state index is 0.395. The number of benzene rings is 1. The van der Waals surface area contributed by atoms with Gasteiger partial charge in [0.1, 0.15) is 5.75 Å². The summed E-state index contributed by atoms with van der Waals surface area (Å²) in [5.74, 6) is 0.947. The van der Waals surface area contributed by atoms with Gasteiger partial charge in [0.25, 0.3) is 0 Å². The van der Waals surface area contributed by atoms with Crippen LogP contribution in [0.4, 0.5) is 0 Å². The van der Waals surface area contributed by atoms with Crippen molar-refractivity contribution in [2.24, 2.45) is 5.73 Å². The summed E-state index contributed by atoms with van der Waals surface area (Å²) in [5.41, 5.74) is 9.35. The van der Waals surface area contributed by atoms with E-state index >= 15 is 0 Å². The van der Waals surface area contributed by atoms with E-state index in [-0.39, 0.29) is 0 Å². The molecule has 1 unspecified atom stereocenters. The second kappa shape index (κ2) is 5.03. The Hall–Kier alpha value is -1.79. The van der Waals surface area contributed by atoms with Crippen LogP contribution < -0.4 is 10.5 Å². The number of hydrogen-bond acceptors (Lipinski definition) is 3. The van der Waals surface area contributed by atoms with E-state index in [0.717, 1.165) is 18.6 Å². The third-order valence-electron chi connectivity index (χ3n) is 3.09. The number of nitrogens with zero attached hydrogens (tertiary/aromatic N) is 1. The molecule has 0 aliphatic heterocycles. The third-order valence-corrected chi connectivity index (χ3v) is 3.09. The van der Waals surface area contributed by atoms with Gasteiger partial charge in [-0.05, 0) is 30.9 Å². The van der Waals surface area contributed by atoms with Crippen molar-refractivity contribution in [3.05, 3.63) is 34.9 Å². The first-order valence-electron chi connectivity index (χ1n) is 5.75. The molecule has 88 valence electrons. The summed E-state index contributed by atoms with van der Waals surface area (Å²) in [6.07, 6.45) is 4.72. The molecule has 0 heterocycles. The molecule has 3 nitrogen and oxygen atoms in total. The first-order chi connectivity index (χ1) is 8.24. The van der Waals surface area contributed by atoms with Crippen LogP contribution in [0.15, 0.2) is 23.8 Å². The van der Waals surface area contributed by atoms with Gasteiger partial charge in [-0.2, -0.15) is 5.26 Å². The van der Waals surface area contributed by atoms with E-state index in [1.807, 2.05) is 12.1 Å². The molecule has 1 aromatic rings. The minimum Gasteiger partial charge on any atom is -0.496 e. The van der Waals surface area contributed by atoms with Crippen molar-refractivity contribution in [2.75, 3.05) is 7.11 Å². The zero-order chi connectivity index (χ0) is 12.3. The number of methoxy groups -OCH3 is 1. The normalized spacial score (nSPS) is 15.5. The Balaban J connectivity index is 2.27. The van der Waals surface area contributed by atoms with Gasteiger partial charge in [-0.15, -0.1) is 0 Å². The molecule has 2 rings (SSSR count). The molecule has 0 saturated heterocycles. The maximum atomic E-state index is 8.72. The van der Waals surface area contributed by atoms with Gasteiger partial charge in [0.15, 0.2) is 0 Å². The first-order valence-corrected chi connectivity index (χ1v) is 5.75. The third kappa shape index (κ3) is 2.48. The van der Waals surface area contributed by atoms with Crippen LogP contribution >= 0.6 is 0 Å². The number of ether oxygens (including phenoxy) is 1. The molecule has 3 heteroatoms. The summed E-state index contributed by atoms with van der Waals surface area (Å²) in [4.78, 5) is 0.